The maximum atomic E-state index is 13.3. The van der Waals surface area contributed by atoms with Crippen molar-refractivity contribution in [2.24, 2.45) is 11.8 Å². The van der Waals surface area contributed by atoms with Gasteiger partial charge in [-0.2, -0.15) is 0 Å². The van der Waals surface area contributed by atoms with Crippen LogP contribution in [0.5, 0.6) is 5.75 Å². The number of aromatic nitrogens is 1. The highest BCUT2D eigenvalue weighted by atomic mass is 35.5. The van der Waals surface area contributed by atoms with Gasteiger partial charge in [0, 0.05) is 11.2 Å². The van der Waals surface area contributed by atoms with Gasteiger partial charge in [-0.15, -0.1) is 0 Å². The van der Waals surface area contributed by atoms with E-state index in [0.29, 0.717) is 5.56 Å². The fourth-order valence-electron chi connectivity index (χ4n) is 4.02. The third-order valence-electron chi connectivity index (χ3n) is 6.33. The molecular formula is C28H29Cl3N2O9. The fourth-order valence-corrected chi connectivity index (χ4v) is 5.00. The van der Waals surface area contributed by atoms with E-state index in [1.54, 1.807) is 27.7 Å². The van der Waals surface area contributed by atoms with Gasteiger partial charge in [0.25, 0.3) is 5.91 Å². The van der Waals surface area contributed by atoms with Crippen molar-refractivity contribution in [3.63, 3.8) is 0 Å². The van der Waals surface area contributed by atoms with Crippen molar-refractivity contribution >= 4 is 64.6 Å². The van der Waals surface area contributed by atoms with E-state index in [2.05, 4.69) is 10.3 Å². The van der Waals surface area contributed by atoms with E-state index >= 15 is 0 Å². The van der Waals surface area contributed by atoms with Crippen molar-refractivity contribution in [1.82, 2.24) is 10.3 Å². The molecule has 0 spiro atoms. The number of cyclic esters (lactones) is 2. The molecule has 0 bridgehead atoms. The minimum Gasteiger partial charge on any atom is -0.463 e. The number of benzene rings is 1. The molecule has 0 radical (unpaired) electrons. The van der Waals surface area contributed by atoms with Crippen LogP contribution in [0.3, 0.4) is 0 Å². The molecule has 11 nitrogen and oxygen atoms in total. The lowest BCUT2D eigenvalue weighted by Gasteiger charge is -2.29. The Morgan fingerprint density at radius 1 is 1.12 bits per heavy atom. The molecule has 1 fully saturated rings. The van der Waals surface area contributed by atoms with E-state index in [1.165, 1.54) is 31.3 Å². The average Bonchev–Trinajstić information content (AvgIpc) is 2.93. The van der Waals surface area contributed by atoms with Crippen LogP contribution in [-0.2, 0) is 28.6 Å². The number of esters is 4. The maximum absolute atomic E-state index is 13.3. The standard InChI is InChI=1S/C28H29Cl3N2O9/c1-6-16-23(42-25(35)12(2)3)14(5)40-27(37)19(11-39-26(16)36)33-24(34)21-22(13(4)7-8-32-21)41-28(38)20-17(30)9-15(29)10-18(20)31/h7-10,12,14,16,19,23H,6,11H2,1-5H3,(H,33,34). The van der Waals surface area contributed by atoms with Gasteiger partial charge < -0.3 is 24.3 Å². The Morgan fingerprint density at radius 2 is 1.76 bits per heavy atom. The van der Waals surface area contributed by atoms with Gasteiger partial charge in [0.15, 0.2) is 23.6 Å². The zero-order chi connectivity index (χ0) is 31.3. The van der Waals surface area contributed by atoms with Gasteiger partial charge in [0.05, 0.1) is 27.4 Å². The maximum Gasteiger partial charge on any atom is 0.346 e. The largest absolute Gasteiger partial charge is 0.463 e. The molecule has 14 heteroatoms. The number of nitrogens with zero attached hydrogens (tertiary/aromatic N) is 1. The van der Waals surface area contributed by atoms with E-state index in [9.17, 15) is 24.0 Å². The predicted molar refractivity (Wildman–Crippen MR) is 152 cm³/mol. The quantitative estimate of drug-likeness (QED) is 0.331. The Balaban J connectivity index is 1.86. The second-order valence-corrected chi connectivity index (χ2v) is 11.1. The monoisotopic (exact) mass is 642 g/mol. The van der Waals surface area contributed by atoms with Crippen LogP contribution in [0.4, 0.5) is 0 Å². The number of rotatable bonds is 7. The molecule has 2 aromatic rings. The highest BCUT2D eigenvalue weighted by Crippen LogP contribution is 2.31. The highest BCUT2D eigenvalue weighted by Gasteiger charge is 2.41. The lowest BCUT2D eigenvalue weighted by molar-refractivity contribution is -0.176. The first-order valence-corrected chi connectivity index (χ1v) is 14.1. The molecule has 1 aromatic heterocycles. The first-order chi connectivity index (χ1) is 19.7. The van der Waals surface area contributed by atoms with Crippen LogP contribution >= 0.6 is 34.8 Å². The predicted octanol–water partition coefficient (Wildman–Crippen LogP) is 4.75. The normalized spacial score (nSPS) is 20.9. The molecule has 1 amide bonds. The molecular weight excluding hydrogens is 615 g/mol. The summed E-state index contributed by atoms with van der Waals surface area (Å²) in [4.78, 5) is 68.6. The van der Waals surface area contributed by atoms with E-state index in [0.717, 1.165) is 0 Å². The number of hydrogen-bond acceptors (Lipinski definition) is 10. The van der Waals surface area contributed by atoms with Gasteiger partial charge in [0.2, 0.25) is 0 Å². The Kier molecular flexibility index (Phi) is 11.2. The van der Waals surface area contributed by atoms with Crippen molar-refractivity contribution in [1.29, 1.82) is 0 Å². The molecule has 4 unspecified atom stereocenters. The van der Waals surface area contributed by atoms with E-state index in [4.69, 9.17) is 53.8 Å². The number of halogens is 3. The third kappa shape index (κ3) is 7.70. The smallest absolute Gasteiger partial charge is 0.346 e. The molecule has 226 valence electrons. The number of hydrogen-bond donors (Lipinski definition) is 1. The summed E-state index contributed by atoms with van der Waals surface area (Å²) >= 11 is 18.2. The van der Waals surface area contributed by atoms with Crippen LogP contribution in [0.25, 0.3) is 0 Å². The molecule has 42 heavy (non-hydrogen) atoms. The lowest BCUT2D eigenvalue weighted by Crippen LogP contribution is -2.47. The van der Waals surface area contributed by atoms with Crippen LogP contribution in [0.15, 0.2) is 24.4 Å². The summed E-state index contributed by atoms with van der Waals surface area (Å²) in [5.41, 5.74) is -0.189. The van der Waals surface area contributed by atoms with Gasteiger partial charge in [-0.05, 0) is 44.0 Å². The Hall–Kier alpha value is -3.41. The van der Waals surface area contributed by atoms with Crippen LogP contribution < -0.4 is 10.1 Å². The molecule has 2 heterocycles. The third-order valence-corrected chi connectivity index (χ3v) is 7.15. The first-order valence-electron chi connectivity index (χ1n) is 13.0. The summed E-state index contributed by atoms with van der Waals surface area (Å²) in [5, 5.41) is 2.47. The fraction of sp³-hybridized carbons (Fsp3) is 0.429. The molecule has 1 N–H and O–H groups in total. The summed E-state index contributed by atoms with van der Waals surface area (Å²) in [6, 6.07) is 2.63. The van der Waals surface area contributed by atoms with Gasteiger partial charge >= 0.3 is 23.9 Å². The molecule has 1 aliphatic heterocycles. The lowest BCUT2D eigenvalue weighted by atomic mass is 9.95. The SMILES string of the molecule is CCC1C(=O)OCC(NC(=O)c2nccc(C)c2OC(=O)c2c(Cl)cc(Cl)cc2Cl)C(=O)OC(C)C1OC(=O)C(C)C. The number of ether oxygens (including phenoxy) is 4. The topological polar surface area (TPSA) is 147 Å². The minimum absolute atomic E-state index is 0.0722. The summed E-state index contributed by atoms with van der Waals surface area (Å²) in [5.74, 6) is -5.81. The number of carbonyl (C=O) groups is 5. The van der Waals surface area contributed by atoms with Gasteiger partial charge in [-0.25, -0.2) is 14.6 Å². The molecule has 3 rings (SSSR count). The second kappa shape index (κ2) is 14.2. The van der Waals surface area contributed by atoms with Crippen molar-refractivity contribution in [3.8, 4) is 5.75 Å². The first kappa shape index (κ1) is 33.1. The van der Waals surface area contributed by atoms with Crippen LogP contribution in [0, 0.1) is 18.8 Å². The molecule has 0 saturated carbocycles. The van der Waals surface area contributed by atoms with Crippen LogP contribution in [0.2, 0.25) is 15.1 Å². The summed E-state index contributed by atoms with van der Waals surface area (Å²) in [6.07, 6.45) is -0.617. The second-order valence-electron chi connectivity index (χ2n) is 9.81. The summed E-state index contributed by atoms with van der Waals surface area (Å²) in [6.45, 7) is 7.42. The highest BCUT2D eigenvalue weighted by molar-refractivity contribution is 6.42. The Bertz CT molecular complexity index is 1380. The van der Waals surface area contributed by atoms with E-state index < -0.39 is 66.5 Å². The molecule has 4 atom stereocenters. The van der Waals surface area contributed by atoms with E-state index in [1.807, 2.05) is 0 Å². The zero-order valence-electron chi connectivity index (χ0n) is 23.4. The van der Waals surface area contributed by atoms with Crippen LogP contribution in [-0.4, -0.2) is 59.6 Å². The molecule has 1 aliphatic rings. The minimum atomic E-state index is -1.47. The van der Waals surface area contributed by atoms with Crippen molar-refractivity contribution in [2.45, 2.75) is 59.3 Å². The number of nitrogens with one attached hydrogen (secondary N) is 1. The van der Waals surface area contributed by atoms with Crippen molar-refractivity contribution in [2.75, 3.05) is 6.61 Å². The van der Waals surface area contributed by atoms with Gasteiger partial charge in [0.1, 0.15) is 12.7 Å². The Labute approximate surface area is 257 Å². The number of pyridine rings is 1. The molecule has 1 aromatic carbocycles. The van der Waals surface area contributed by atoms with E-state index in [-0.39, 0.29) is 38.5 Å². The number of aryl methyl sites for hydroxylation is 1. The molecule has 0 aliphatic carbocycles. The van der Waals surface area contributed by atoms with Crippen molar-refractivity contribution in [3.05, 3.63) is 56.3 Å². The van der Waals surface area contributed by atoms with Gasteiger partial charge in [-0.3, -0.25) is 14.4 Å². The number of carbonyl (C=O) groups excluding carboxylic acids is 5. The van der Waals surface area contributed by atoms with Crippen molar-refractivity contribution < 1.29 is 42.9 Å². The average molecular weight is 644 g/mol. The summed E-state index contributed by atoms with van der Waals surface area (Å²) < 4.78 is 21.8. The van der Waals surface area contributed by atoms with Gasteiger partial charge in [-0.1, -0.05) is 55.6 Å². The zero-order valence-corrected chi connectivity index (χ0v) is 25.6. The van der Waals surface area contributed by atoms with Crippen LogP contribution in [0.1, 0.15) is 60.5 Å². The number of amides is 1. The summed E-state index contributed by atoms with van der Waals surface area (Å²) in [7, 11) is 0. The Morgan fingerprint density at radius 3 is 2.36 bits per heavy atom. The molecule has 1 saturated heterocycles.